The summed E-state index contributed by atoms with van der Waals surface area (Å²) in [7, 11) is 0. The highest BCUT2D eigenvalue weighted by atomic mass is 32.1. The van der Waals surface area contributed by atoms with Crippen molar-refractivity contribution in [3.63, 3.8) is 0 Å². The van der Waals surface area contributed by atoms with E-state index in [0.29, 0.717) is 0 Å². The van der Waals surface area contributed by atoms with E-state index in [2.05, 4.69) is 15.6 Å². The molecule has 35 heavy (non-hydrogen) atoms. The van der Waals surface area contributed by atoms with Gasteiger partial charge >= 0.3 is 12.1 Å². The highest BCUT2D eigenvalue weighted by molar-refractivity contribution is 7.11. The van der Waals surface area contributed by atoms with Gasteiger partial charge in [0.15, 0.2) is 0 Å². The first-order valence-corrected chi connectivity index (χ1v) is 12.4. The van der Waals surface area contributed by atoms with Crippen LogP contribution in [-0.4, -0.2) is 40.7 Å². The molecule has 2 aromatic carbocycles. The Kier molecular flexibility index (Phi) is 6.50. The van der Waals surface area contributed by atoms with E-state index in [1.165, 1.54) is 4.88 Å². The smallest absolute Gasteiger partial charge is 0.407 e. The monoisotopic (exact) mass is 491 g/mol. The Morgan fingerprint density at radius 1 is 1.06 bits per heavy atom. The summed E-state index contributed by atoms with van der Waals surface area (Å²) in [6, 6.07) is 14.7. The summed E-state index contributed by atoms with van der Waals surface area (Å²) in [6.07, 6.45) is 1.67. The molecule has 3 N–H and O–H groups in total. The number of alkyl carbamates (subject to hydrolysis) is 1. The fraction of sp³-hybridized carbons (Fsp3) is 0.308. The molecule has 0 bridgehead atoms. The quantitative estimate of drug-likeness (QED) is 0.443. The van der Waals surface area contributed by atoms with Gasteiger partial charge in [-0.05, 0) is 41.5 Å². The van der Waals surface area contributed by atoms with Gasteiger partial charge in [0.25, 0.3) is 0 Å². The summed E-state index contributed by atoms with van der Waals surface area (Å²) >= 11 is 1.56. The van der Waals surface area contributed by atoms with Crippen LogP contribution in [0, 0.1) is 0 Å². The van der Waals surface area contributed by atoms with E-state index in [1.807, 2.05) is 48.5 Å². The van der Waals surface area contributed by atoms with E-state index in [-0.39, 0.29) is 19.1 Å². The molecular weight excluding hydrogens is 466 g/mol. The number of benzene rings is 2. The molecule has 0 saturated heterocycles. The predicted molar refractivity (Wildman–Crippen MR) is 130 cm³/mol. The Bertz CT molecular complexity index is 1220. The maximum atomic E-state index is 12.7. The number of carboxylic acid groups (broad SMARTS) is 1. The van der Waals surface area contributed by atoms with Crippen LogP contribution in [0.5, 0.6) is 0 Å². The first-order valence-electron chi connectivity index (χ1n) is 11.6. The third-order valence-electron chi connectivity index (χ3n) is 6.38. The molecule has 0 spiro atoms. The van der Waals surface area contributed by atoms with Crippen LogP contribution in [0.25, 0.3) is 11.1 Å². The number of carboxylic acids is 1. The zero-order chi connectivity index (χ0) is 24.4. The average molecular weight is 492 g/mol. The first kappa shape index (κ1) is 23.0. The number of fused-ring (bicyclic) bond motifs is 4. The summed E-state index contributed by atoms with van der Waals surface area (Å²) in [6.45, 7) is 0.269. The molecular formula is C26H25N3O5S. The third-order valence-corrected chi connectivity index (χ3v) is 7.54. The Labute approximate surface area is 206 Å². The largest absolute Gasteiger partial charge is 0.481 e. The van der Waals surface area contributed by atoms with Gasteiger partial charge in [-0.1, -0.05) is 48.5 Å². The molecule has 2 aliphatic carbocycles. The Balaban J connectivity index is 1.20. The number of nitrogens with zero attached hydrogens (tertiary/aromatic N) is 1. The van der Waals surface area contributed by atoms with E-state index in [9.17, 15) is 19.5 Å². The molecule has 0 saturated carbocycles. The highest BCUT2D eigenvalue weighted by Gasteiger charge is 2.30. The molecule has 5 rings (SSSR count). The van der Waals surface area contributed by atoms with Crippen molar-refractivity contribution < 1.29 is 24.2 Å². The van der Waals surface area contributed by atoms with Crippen LogP contribution in [0.1, 0.15) is 45.5 Å². The summed E-state index contributed by atoms with van der Waals surface area (Å²) in [5.74, 6) is -1.92. The maximum Gasteiger partial charge on any atom is 0.407 e. The lowest BCUT2D eigenvalue weighted by Crippen LogP contribution is -2.48. The predicted octanol–water partition coefficient (Wildman–Crippen LogP) is 3.63. The normalized spacial score (nSPS) is 14.5. The van der Waals surface area contributed by atoms with Gasteiger partial charge < -0.3 is 20.5 Å². The highest BCUT2D eigenvalue weighted by Crippen LogP contribution is 2.44. The third kappa shape index (κ3) is 4.90. The number of rotatable bonds is 8. The van der Waals surface area contributed by atoms with Gasteiger partial charge in [0.2, 0.25) is 5.91 Å². The molecule has 2 aliphatic rings. The molecule has 180 valence electrons. The molecule has 2 amide bonds. The number of hydrogen-bond acceptors (Lipinski definition) is 6. The van der Waals surface area contributed by atoms with Gasteiger partial charge in [-0.2, -0.15) is 0 Å². The van der Waals surface area contributed by atoms with Crippen molar-refractivity contribution in [3.05, 3.63) is 75.2 Å². The summed E-state index contributed by atoms with van der Waals surface area (Å²) in [5.41, 5.74) is 5.42. The number of nitrogens with one attached hydrogen (secondary N) is 2. The van der Waals surface area contributed by atoms with Gasteiger partial charge in [0.1, 0.15) is 17.7 Å². The van der Waals surface area contributed by atoms with Crippen LogP contribution in [0.3, 0.4) is 0 Å². The Hall–Kier alpha value is -3.72. The van der Waals surface area contributed by atoms with Crippen LogP contribution in [0.15, 0.2) is 48.5 Å². The minimum Gasteiger partial charge on any atom is -0.481 e. The lowest BCUT2D eigenvalue weighted by molar-refractivity contribution is -0.139. The van der Waals surface area contributed by atoms with E-state index >= 15 is 0 Å². The minimum atomic E-state index is -1.25. The molecule has 1 heterocycles. The molecule has 1 atom stereocenters. The van der Waals surface area contributed by atoms with Crippen LogP contribution in [0.4, 0.5) is 4.79 Å². The van der Waals surface area contributed by atoms with Crippen molar-refractivity contribution in [3.8, 4) is 11.1 Å². The lowest BCUT2D eigenvalue weighted by atomic mass is 9.98. The van der Waals surface area contributed by atoms with E-state index in [4.69, 9.17) is 4.74 Å². The minimum absolute atomic E-state index is 0.0753. The maximum absolute atomic E-state index is 12.7. The summed E-state index contributed by atoms with van der Waals surface area (Å²) in [5, 5.41) is 15.1. The number of aromatic nitrogens is 1. The summed E-state index contributed by atoms with van der Waals surface area (Å²) < 4.78 is 5.47. The molecule has 9 heteroatoms. The number of amides is 2. The van der Waals surface area contributed by atoms with Crippen LogP contribution >= 0.6 is 11.3 Å². The molecule has 0 aliphatic heterocycles. The Morgan fingerprint density at radius 3 is 2.40 bits per heavy atom. The van der Waals surface area contributed by atoms with Gasteiger partial charge in [-0.25, -0.2) is 9.78 Å². The van der Waals surface area contributed by atoms with E-state index < -0.39 is 30.4 Å². The second-order valence-electron chi connectivity index (χ2n) is 8.67. The van der Waals surface area contributed by atoms with Crippen molar-refractivity contribution in [2.75, 3.05) is 6.61 Å². The van der Waals surface area contributed by atoms with Gasteiger partial charge in [0.05, 0.1) is 18.7 Å². The molecule has 1 aromatic heterocycles. The SMILES string of the molecule is O=C(O)CC(NC(=O)OCC1c2ccccc2-c2ccccc21)C(=O)NCc1nc2c(s1)CCC2. The summed E-state index contributed by atoms with van der Waals surface area (Å²) in [4.78, 5) is 42.4. The number of carbonyl (C=O) groups is 3. The average Bonchev–Trinajstić information content (AvgIpc) is 3.53. The van der Waals surface area contributed by atoms with Crippen LogP contribution in [-0.2, 0) is 33.7 Å². The number of aryl methyl sites for hydroxylation is 2. The van der Waals surface area contributed by atoms with Crippen molar-refractivity contribution >= 4 is 29.3 Å². The second kappa shape index (κ2) is 9.87. The standard InChI is InChI=1S/C26H25N3O5S/c30-24(31)12-21(25(32)27-13-23-28-20-10-5-11-22(20)35-23)29-26(33)34-14-19-17-8-3-1-6-15(17)16-7-2-4-9-18(16)19/h1-4,6-9,19,21H,5,10-14H2,(H,27,32)(H,29,33)(H,30,31). The zero-order valence-corrected chi connectivity index (χ0v) is 19.8. The first-order chi connectivity index (χ1) is 17.0. The number of aliphatic carboxylic acids is 1. The van der Waals surface area contributed by atoms with Gasteiger partial charge in [-0.3, -0.25) is 9.59 Å². The Morgan fingerprint density at radius 2 is 1.74 bits per heavy atom. The number of thiazole rings is 1. The van der Waals surface area contributed by atoms with Gasteiger partial charge in [-0.15, -0.1) is 11.3 Å². The van der Waals surface area contributed by atoms with Crippen molar-refractivity contribution in [2.24, 2.45) is 0 Å². The zero-order valence-electron chi connectivity index (χ0n) is 19.0. The number of carbonyl (C=O) groups excluding carboxylic acids is 2. The topological polar surface area (TPSA) is 118 Å². The molecule has 0 fully saturated rings. The molecule has 8 nitrogen and oxygen atoms in total. The molecule has 1 unspecified atom stereocenters. The van der Waals surface area contributed by atoms with Gasteiger partial charge in [0, 0.05) is 10.8 Å². The lowest BCUT2D eigenvalue weighted by Gasteiger charge is -2.18. The second-order valence-corrected chi connectivity index (χ2v) is 9.84. The van der Waals surface area contributed by atoms with Crippen LogP contribution < -0.4 is 10.6 Å². The molecule has 3 aromatic rings. The van der Waals surface area contributed by atoms with Crippen LogP contribution in [0.2, 0.25) is 0 Å². The fourth-order valence-electron chi connectivity index (χ4n) is 4.77. The van der Waals surface area contributed by atoms with E-state index in [0.717, 1.165) is 52.2 Å². The van der Waals surface area contributed by atoms with E-state index in [1.54, 1.807) is 11.3 Å². The fourth-order valence-corrected chi connectivity index (χ4v) is 5.87. The molecule has 0 radical (unpaired) electrons. The van der Waals surface area contributed by atoms with Crippen molar-refractivity contribution in [1.82, 2.24) is 15.6 Å². The number of ether oxygens (including phenoxy) is 1. The number of hydrogen-bond donors (Lipinski definition) is 3. The van der Waals surface area contributed by atoms with Crippen molar-refractivity contribution in [2.45, 2.75) is 44.2 Å². The van der Waals surface area contributed by atoms with Crippen molar-refractivity contribution in [1.29, 1.82) is 0 Å².